The van der Waals surface area contributed by atoms with Crippen LogP contribution in [0.15, 0.2) is 47.4 Å². The number of amides is 1. The Labute approximate surface area is 193 Å². The van der Waals surface area contributed by atoms with Gasteiger partial charge in [0.1, 0.15) is 0 Å². The number of halogens is 3. The highest BCUT2D eigenvalue weighted by atomic mass is 32.2. The van der Waals surface area contributed by atoms with Crippen molar-refractivity contribution < 1.29 is 22.2 Å². The molecule has 5 N–H and O–H groups in total. The number of hydrogen-bond donors (Lipinski definition) is 3. The lowest BCUT2D eigenvalue weighted by molar-refractivity contribution is -0.137. The summed E-state index contributed by atoms with van der Waals surface area (Å²) in [6, 6.07) is 9.99. The summed E-state index contributed by atoms with van der Waals surface area (Å²) in [6.45, 7) is 3.14. The zero-order chi connectivity index (χ0) is 24.0. The summed E-state index contributed by atoms with van der Waals surface area (Å²) in [6.07, 6.45) is -3.71. The largest absolute Gasteiger partial charge is 0.416 e. The predicted octanol–water partition coefficient (Wildman–Crippen LogP) is 2.46. The van der Waals surface area contributed by atoms with Gasteiger partial charge in [-0.05, 0) is 42.3 Å². The Morgan fingerprint density at radius 2 is 1.73 bits per heavy atom. The molecule has 0 aliphatic carbocycles. The van der Waals surface area contributed by atoms with E-state index in [4.69, 9.17) is 11.6 Å². The fourth-order valence-electron chi connectivity index (χ4n) is 3.62. The van der Waals surface area contributed by atoms with Crippen LogP contribution in [0.4, 0.5) is 24.5 Å². The van der Waals surface area contributed by atoms with Crippen molar-refractivity contribution in [2.75, 3.05) is 49.6 Å². The van der Waals surface area contributed by atoms with Gasteiger partial charge in [0.25, 0.3) is 0 Å². The van der Waals surface area contributed by atoms with Crippen molar-refractivity contribution in [1.82, 2.24) is 9.80 Å². The van der Waals surface area contributed by atoms with E-state index < -0.39 is 22.5 Å². The van der Waals surface area contributed by atoms with Gasteiger partial charge in [0.2, 0.25) is 5.91 Å². The molecule has 0 radical (unpaired) electrons. The van der Waals surface area contributed by atoms with Crippen molar-refractivity contribution in [2.24, 2.45) is 5.84 Å². The monoisotopic (exact) mass is 483 g/mol. The molecule has 7 nitrogen and oxygen atoms in total. The fraction of sp³-hybridized carbons (Fsp3) is 0.409. The lowest BCUT2D eigenvalue weighted by Crippen LogP contribution is -2.49. The molecule has 1 atom stereocenters. The van der Waals surface area contributed by atoms with Gasteiger partial charge in [0, 0.05) is 49.8 Å². The highest BCUT2D eigenvalue weighted by molar-refractivity contribution is 7.85. The first kappa shape index (κ1) is 25.0. The van der Waals surface area contributed by atoms with Crippen molar-refractivity contribution in [1.29, 1.82) is 0 Å². The van der Waals surface area contributed by atoms with Gasteiger partial charge >= 0.3 is 6.18 Å². The van der Waals surface area contributed by atoms with Gasteiger partial charge in [-0.25, -0.2) is 0 Å². The van der Waals surface area contributed by atoms with E-state index in [0.717, 1.165) is 12.1 Å². The number of hydrazine groups is 1. The molecule has 0 spiro atoms. The van der Waals surface area contributed by atoms with Gasteiger partial charge < -0.3 is 16.1 Å². The number of hydrogen-bond acceptors (Lipinski definition) is 6. The molecular formula is C22H28F3N5O2S. The second-order valence-electron chi connectivity index (χ2n) is 7.86. The van der Waals surface area contributed by atoms with Gasteiger partial charge in [-0.1, -0.05) is 12.1 Å². The summed E-state index contributed by atoms with van der Waals surface area (Å²) >= 11 is 0. The smallest absolute Gasteiger partial charge is 0.397 e. The second-order valence-corrected chi connectivity index (χ2v) is 9.43. The van der Waals surface area contributed by atoms with Gasteiger partial charge in [-0.3, -0.25) is 19.7 Å². The van der Waals surface area contributed by atoms with E-state index in [-0.39, 0.29) is 12.3 Å². The Bertz CT molecular complexity index is 977. The van der Waals surface area contributed by atoms with Crippen molar-refractivity contribution in [3.63, 3.8) is 0 Å². The van der Waals surface area contributed by atoms with Gasteiger partial charge in [-0.2, -0.15) is 13.2 Å². The molecule has 33 heavy (non-hydrogen) atoms. The summed E-state index contributed by atoms with van der Waals surface area (Å²) in [7, 11) is -1.20. The third-order valence-electron chi connectivity index (χ3n) is 5.67. The zero-order valence-corrected chi connectivity index (χ0v) is 18.9. The number of benzene rings is 2. The molecular weight excluding hydrogens is 455 g/mol. The molecule has 1 aliphatic rings. The van der Waals surface area contributed by atoms with Crippen LogP contribution in [0.2, 0.25) is 0 Å². The normalized spacial score (nSPS) is 15.9. The number of carbonyl (C=O) groups is 1. The summed E-state index contributed by atoms with van der Waals surface area (Å²) in [5.74, 6) is 5.86. The Balaban J connectivity index is 1.40. The number of piperazine rings is 1. The number of nitrogens with one attached hydrogen (secondary N) is 1. The average Bonchev–Trinajstić information content (AvgIpc) is 2.81. The SMILES string of the molecule is NNc1cc(S(=O)CCN2CCN(C(=O)CCc3ccc(C(F)(F)F)cc3)CC2)ccc1N. The van der Waals surface area contributed by atoms with Gasteiger partial charge in [0.15, 0.2) is 0 Å². The topological polar surface area (TPSA) is 105 Å². The van der Waals surface area contributed by atoms with Crippen LogP contribution in [0.5, 0.6) is 0 Å². The molecule has 1 amide bonds. The first-order chi connectivity index (χ1) is 15.7. The standard InChI is InChI=1S/C22H28F3N5O2S/c23-22(24,25)17-4-1-16(2-5-17)3-8-21(31)30-11-9-29(10-12-30)13-14-33(32)18-6-7-19(26)20(15-18)28-27/h1-2,4-7,15,28H,3,8-14,26-27H2. The molecule has 2 aromatic rings. The Morgan fingerprint density at radius 3 is 2.33 bits per heavy atom. The summed E-state index contributed by atoms with van der Waals surface area (Å²) < 4.78 is 50.5. The molecule has 2 aromatic carbocycles. The van der Waals surface area contributed by atoms with E-state index in [1.165, 1.54) is 12.1 Å². The quantitative estimate of drug-likeness (QED) is 0.303. The van der Waals surface area contributed by atoms with Crippen LogP contribution in [0.1, 0.15) is 17.5 Å². The minimum Gasteiger partial charge on any atom is -0.397 e. The summed E-state index contributed by atoms with van der Waals surface area (Å²) in [5, 5.41) is 0. The zero-order valence-electron chi connectivity index (χ0n) is 18.1. The third kappa shape index (κ3) is 6.92. The minimum absolute atomic E-state index is 0.0122. The molecule has 180 valence electrons. The van der Waals surface area contributed by atoms with Gasteiger partial charge in [0.05, 0.1) is 27.7 Å². The molecule has 1 heterocycles. The number of nitrogen functional groups attached to an aromatic ring is 2. The highest BCUT2D eigenvalue weighted by Crippen LogP contribution is 2.29. The molecule has 0 aromatic heterocycles. The van der Waals surface area contributed by atoms with Crippen molar-refractivity contribution in [3.8, 4) is 0 Å². The van der Waals surface area contributed by atoms with E-state index in [1.54, 1.807) is 23.1 Å². The minimum atomic E-state index is -4.36. The van der Waals surface area contributed by atoms with Crippen LogP contribution in [-0.4, -0.2) is 58.4 Å². The number of nitrogens with zero attached hydrogens (tertiary/aromatic N) is 2. The van der Waals surface area contributed by atoms with Crippen LogP contribution in [0.25, 0.3) is 0 Å². The lowest BCUT2D eigenvalue weighted by atomic mass is 10.1. The molecule has 0 bridgehead atoms. The molecule has 1 aliphatic heterocycles. The van der Waals surface area contributed by atoms with Crippen LogP contribution in [0, 0.1) is 0 Å². The average molecular weight is 484 g/mol. The van der Waals surface area contributed by atoms with Crippen molar-refractivity contribution >= 4 is 28.1 Å². The Kier molecular flexibility index (Phi) is 8.33. The van der Waals surface area contributed by atoms with Crippen LogP contribution in [0.3, 0.4) is 0 Å². The summed E-state index contributed by atoms with van der Waals surface area (Å²) in [5.41, 5.74) is 9.29. The van der Waals surface area contributed by atoms with Crippen molar-refractivity contribution in [2.45, 2.75) is 23.9 Å². The Hall–Kier alpha value is -2.63. The third-order valence-corrected chi connectivity index (χ3v) is 7.00. The number of nitrogens with two attached hydrogens (primary N) is 2. The number of carbonyl (C=O) groups excluding carboxylic acids is 1. The number of anilines is 2. The van der Waals surface area contributed by atoms with Crippen LogP contribution in [-0.2, 0) is 28.2 Å². The molecule has 1 saturated heterocycles. The van der Waals surface area contributed by atoms with Crippen molar-refractivity contribution in [3.05, 3.63) is 53.6 Å². The predicted molar refractivity (Wildman–Crippen MR) is 123 cm³/mol. The Morgan fingerprint density at radius 1 is 1.06 bits per heavy atom. The van der Waals surface area contributed by atoms with E-state index >= 15 is 0 Å². The highest BCUT2D eigenvalue weighted by Gasteiger charge is 2.30. The molecule has 0 saturated carbocycles. The number of alkyl halides is 3. The maximum atomic E-state index is 12.6. The molecule has 1 unspecified atom stereocenters. The van der Waals surface area contributed by atoms with E-state index in [9.17, 15) is 22.2 Å². The van der Waals surface area contributed by atoms with Crippen LogP contribution < -0.4 is 17.0 Å². The first-order valence-electron chi connectivity index (χ1n) is 10.6. The van der Waals surface area contributed by atoms with E-state index in [0.29, 0.717) is 66.7 Å². The first-order valence-corrected chi connectivity index (χ1v) is 11.9. The number of rotatable bonds is 8. The maximum absolute atomic E-state index is 12.6. The number of aryl methyl sites for hydroxylation is 1. The van der Waals surface area contributed by atoms with Crippen LogP contribution >= 0.6 is 0 Å². The van der Waals surface area contributed by atoms with E-state index in [2.05, 4.69) is 10.3 Å². The fourth-order valence-corrected chi connectivity index (χ4v) is 4.75. The second kappa shape index (κ2) is 11.0. The van der Waals surface area contributed by atoms with Gasteiger partial charge in [-0.15, -0.1) is 0 Å². The maximum Gasteiger partial charge on any atom is 0.416 e. The van der Waals surface area contributed by atoms with E-state index in [1.807, 2.05) is 0 Å². The molecule has 11 heteroatoms. The molecule has 1 fully saturated rings. The summed E-state index contributed by atoms with van der Waals surface area (Å²) in [4.78, 5) is 17.1. The molecule has 3 rings (SSSR count). The lowest BCUT2D eigenvalue weighted by Gasteiger charge is -2.34.